The van der Waals surface area contributed by atoms with Gasteiger partial charge in [-0.05, 0) is 31.0 Å². The average molecular weight is 268 g/mol. The van der Waals surface area contributed by atoms with Crippen molar-refractivity contribution in [2.45, 2.75) is 20.3 Å². The summed E-state index contributed by atoms with van der Waals surface area (Å²) in [4.78, 5) is 11.4. The van der Waals surface area contributed by atoms with Crippen molar-refractivity contribution in [3.05, 3.63) is 40.4 Å². The minimum atomic E-state index is -0.276. The zero-order valence-electron chi connectivity index (χ0n) is 10.9. The number of hydrogen-bond acceptors (Lipinski definition) is 3. The van der Waals surface area contributed by atoms with Gasteiger partial charge in [0.05, 0.1) is 7.11 Å². The minimum absolute atomic E-state index is 0.276. The number of ether oxygens (including phenoxy) is 1. The van der Waals surface area contributed by atoms with E-state index in [1.165, 1.54) is 7.11 Å². The fourth-order valence-corrected chi connectivity index (χ4v) is 1.76. The van der Waals surface area contributed by atoms with Gasteiger partial charge in [0.25, 0.3) is 0 Å². The number of anilines is 1. The molecule has 0 spiro atoms. The summed E-state index contributed by atoms with van der Waals surface area (Å²) in [5.74, 6) is -0.276. The molecule has 0 saturated carbocycles. The van der Waals surface area contributed by atoms with Gasteiger partial charge in [0.15, 0.2) is 0 Å². The topological polar surface area (TPSA) is 38.3 Å². The lowest BCUT2D eigenvalue weighted by Crippen LogP contribution is -2.07. The van der Waals surface area contributed by atoms with Crippen molar-refractivity contribution >= 4 is 23.3 Å². The number of nitrogens with one attached hydrogen (secondary N) is 1. The van der Waals surface area contributed by atoms with Crippen LogP contribution in [0.15, 0.2) is 29.8 Å². The Morgan fingerprint density at radius 3 is 2.83 bits per heavy atom. The number of carbonyl (C=O) groups is 1. The molecule has 3 nitrogen and oxygen atoms in total. The first-order chi connectivity index (χ1) is 8.60. The van der Waals surface area contributed by atoms with Crippen LogP contribution in [0.5, 0.6) is 0 Å². The van der Waals surface area contributed by atoms with E-state index in [-0.39, 0.29) is 5.97 Å². The summed E-state index contributed by atoms with van der Waals surface area (Å²) in [5, 5.41) is 3.96. The van der Waals surface area contributed by atoms with Crippen LogP contribution < -0.4 is 5.32 Å². The summed E-state index contributed by atoms with van der Waals surface area (Å²) in [6, 6.07) is 5.70. The smallest absolute Gasteiger partial charge is 0.333 e. The van der Waals surface area contributed by atoms with Crippen molar-refractivity contribution in [3.63, 3.8) is 0 Å². The van der Waals surface area contributed by atoms with E-state index in [1.54, 1.807) is 0 Å². The second kappa shape index (κ2) is 7.07. The molecule has 1 N–H and O–H groups in total. The highest BCUT2D eigenvalue weighted by atomic mass is 35.5. The van der Waals surface area contributed by atoms with E-state index in [0.717, 1.165) is 16.3 Å². The highest BCUT2D eigenvalue weighted by Gasteiger charge is 2.06. The molecule has 0 heterocycles. The Labute approximate surface area is 113 Å². The van der Waals surface area contributed by atoms with E-state index in [1.807, 2.05) is 38.1 Å². The minimum Gasteiger partial charge on any atom is -0.466 e. The SMILES string of the molecule is CC/C(=C/CNc1cccc(Cl)c1C)C(=O)OC. The predicted octanol–water partition coefficient (Wildman–Crippen LogP) is 3.57. The first kappa shape index (κ1) is 14.6. The number of hydrogen-bond donors (Lipinski definition) is 1. The predicted molar refractivity (Wildman–Crippen MR) is 75.1 cm³/mol. The molecule has 1 aromatic rings. The van der Waals surface area contributed by atoms with E-state index in [2.05, 4.69) is 5.32 Å². The Kier molecular flexibility index (Phi) is 5.72. The van der Waals surface area contributed by atoms with Gasteiger partial charge in [-0.3, -0.25) is 0 Å². The fourth-order valence-electron chi connectivity index (χ4n) is 1.59. The third-order valence-electron chi connectivity index (χ3n) is 2.74. The molecule has 1 aromatic carbocycles. The largest absolute Gasteiger partial charge is 0.466 e. The van der Waals surface area contributed by atoms with Crippen LogP contribution in [-0.4, -0.2) is 19.6 Å². The van der Waals surface area contributed by atoms with Crippen LogP contribution in [0.3, 0.4) is 0 Å². The summed E-state index contributed by atoms with van der Waals surface area (Å²) in [5.41, 5.74) is 2.65. The zero-order chi connectivity index (χ0) is 13.5. The van der Waals surface area contributed by atoms with Crippen LogP contribution in [0.2, 0.25) is 5.02 Å². The average Bonchev–Trinajstić information content (AvgIpc) is 2.38. The van der Waals surface area contributed by atoms with Crippen molar-refractivity contribution in [2.24, 2.45) is 0 Å². The Balaban J connectivity index is 2.68. The van der Waals surface area contributed by atoms with Gasteiger partial charge in [-0.15, -0.1) is 0 Å². The van der Waals surface area contributed by atoms with Crippen molar-refractivity contribution in [1.29, 1.82) is 0 Å². The monoisotopic (exact) mass is 267 g/mol. The normalized spacial score (nSPS) is 11.2. The molecule has 0 bridgehead atoms. The lowest BCUT2D eigenvalue weighted by molar-refractivity contribution is -0.136. The molecule has 0 atom stereocenters. The van der Waals surface area contributed by atoms with E-state index in [4.69, 9.17) is 16.3 Å². The molecule has 0 aliphatic heterocycles. The van der Waals surface area contributed by atoms with E-state index < -0.39 is 0 Å². The molecule has 1 rings (SSSR count). The van der Waals surface area contributed by atoms with Crippen LogP contribution in [0.4, 0.5) is 5.69 Å². The molecular formula is C14H18ClNO2. The molecule has 0 saturated heterocycles. The zero-order valence-corrected chi connectivity index (χ0v) is 11.7. The van der Waals surface area contributed by atoms with Crippen molar-refractivity contribution in [2.75, 3.05) is 19.0 Å². The number of rotatable bonds is 5. The second-order valence-electron chi connectivity index (χ2n) is 3.87. The molecular weight excluding hydrogens is 250 g/mol. The number of carbonyl (C=O) groups excluding carboxylic acids is 1. The standard InChI is InChI=1S/C14H18ClNO2/c1-4-11(14(17)18-3)8-9-16-13-7-5-6-12(15)10(13)2/h5-8,16H,4,9H2,1-3H3/b11-8-. The number of benzene rings is 1. The summed E-state index contributed by atoms with van der Waals surface area (Å²) >= 11 is 6.03. The molecule has 0 fully saturated rings. The lowest BCUT2D eigenvalue weighted by Gasteiger charge is -2.09. The van der Waals surface area contributed by atoms with Crippen molar-refractivity contribution in [1.82, 2.24) is 0 Å². The van der Waals surface area contributed by atoms with Gasteiger partial charge in [0.1, 0.15) is 0 Å². The maximum Gasteiger partial charge on any atom is 0.333 e. The Morgan fingerprint density at radius 2 is 2.22 bits per heavy atom. The highest BCUT2D eigenvalue weighted by Crippen LogP contribution is 2.22. The van der Waals surface area contributed by atoms with Gasteiger partial charge in [-0.2, -0.15) is 0 Å². The second-order valence-corrected chi connectivity index (χ2v) is 4.27. The Bertz CT molecular complexity index is 455. The quantitative estimate of drug-likeness (QED) is 0.655. The number of methoxy groups -OCH3 is 1. The molecule has 0 amide bonds. The molecule has 4 heteroatoms. The molecule has 0 aliphatic carbocycles. The van der Waals surface area contributed by atoms with Gasteiger partial charge in [0, 0.05) is 22.8 Å². The summed E-state index contributed by atoms with van der Waals surface area (Å²) in [7, 11) is 1.39. The molecule has 0 aromatic heterocycles. The van der Waals surface area contributed by atoms with Crippen LogP contribution in [0.25, 0.3) is 0 Å². The summed E-state index contributed by atoms with van der Waals surface area (Å²) in [6.07, 6.45) is 2.50. The highest BCUT2D eigenvalue weighted by molar-refractivity contribution is 6.31. The molecule has 0 unspecified atom stereocenters. The van der Waals surface area contributed by atoms with Crippen LogP contribution in [0, 0.1) is 6.92 Å². The molecule has 0 radical (unpaired) electrons. The first-order valence-electron chi connectivity index (χ1n) is 5.86. The third kappa shape index (κ3) is 3.77. The van der Waals surface area contributed by atoms with Gasteiger partial charge in [-0.25, -0.2) is 4.79 Å². The van der Waals surface area contributed by atoms with Crippen LogP contribution in [0.1, 0.15) is 18.9 Å². The molecule has 18 heavy (non-hydrogen) atoms. The maximum atomic E-state index is 11.4. The van der Waals surface area contributed by atoms with Crippen molar-refractivity contribution < 1.29 is 9.53 Å². The van der Waals surface area contributed by atoms with Gasteiger partial charge in [0.2, 0.25) is 0 Å². The maximum absolute atomic E-state index is 11.4. The van der Waals surface area contributed by atoms with E-state index in [9.17, 15) is 4.79 Å². The first-order valence-corrected chi connectivity index (χ1v) is 6.24. The Morgan fingerprint density at radius 1 is 1.50 bits per heavy atom. The number of esters is 1. The lowest BCUT2D eigenvalue weighted by atomic mass is 10.2. The third-order valence-corrected chi connectivity index (χ3v) is 3.15. The number of halogens is 1. The van der Waals surface area contributed by atoms with E-state index >= 15 is 0 Å². The van der Waals surface area contributed by atoms with Crippen LogP contribution >= 0.6 is 11.6 Å². The van der Waals surface area contributed by atoms with Gasteiger partial charge >= 0.3 is 5.97 Å². The Hall–Kier alpha value is -1.48. The fraction of sp³-hybridized carbons (Fsp3) is 0.357. The van der Waals surface area contributed by atoms with Crippen molar-refractivity contribution in [3.8, 4) is 0 Å². The summed E-state index contributed by atoms with van der Waals surface area (Å²) < 4.78 is 4.69. The molecule has 0 aliphatic rings. The van der Waals surface area contributed by atoms with Gasteiger partial charge in [-0.1, -0.05) is 30.7 Å². The summed E-state index contributed by atoms with van der Waals surface area (Å²) in [6.45, 7) is 4.45. The van der Waals surface area contributed by atoms with E-state index in [0.29, 0.717) is 18.5 Å². The van der Waals surface area contributed by atoms with Crippen LogP contribution in [-0.2, 0) is 9.53 Å². The molecule has 98 valence electrons. The van der Waals surface area contributed by atoms with Gasteiger partial charge < -0.3 is 10.1 Å².